The van der Waals surface area contributed by atoms with Crippen LogP contribution in [0.15, 0.2) is 90.1 Å². The third-order valence-electron chi connectivity index (χ3n) is 4.48. The largest absolute Gasteiger partial charge is 0.325 e. The molecule has 0 radical (unpaired) electrons. The van der Waals surface area contributed by atoms with Crippen LogP contribution in [0.5, 0.6) is 0 Å². The molecule has 2 amide bonds. The van der Waals surface area contributed by atoms with E-state index >= 15 is 0 Å². The van der Waals surface area contributed by atoms with E-state index in [9.17, 15) is 9.59 Å². The van der Waals surface area contributed by atoms with Gasteiger partial charge in [-0.1, -0.05) is 72.4 Å². The number of para-hydroxylation sites is 2. The van der Waals surface area contributed by atoms with Crippen LogP contribution < -0.4 is 10.6 Å². The van der Waals surface area contributed by atoms with Crippen LogP contribution in [-0.4, -0.2) is 37.8 Å². The summed E-state index contributed by atoms with van der Waals surface area (Å²) in [6.45, 7) is 0.514. The minimum absolute atomic E-state index is 0.101. The molecule has 160 valence electrons. The van der Waals surface area contributed by atoms with Crippen molar-refractivity contribution in [3.63, 3.8) is 0 Å². The fourth-order valence-electron chi connectivity index (χ4n) is 2.98. The molecule has 0 aliphatic carbocycles. The topological polar surface area (TPSA) is 102 Å². The van der Waals surface area contributed by atoms with E-state index in [2.05, 4.69) is 26.2 Å². The molecule has 0 saturated heterocycles. The quantitative estimate of drug-likeness (QED) is 0.402. The second-order valence-corrected chi connectivity index (χ2v) is 7.75. The highest BCUT2D eigenvalue weighted by Crippen LogP contribution is 2.19. The van der Waals surface area contributed by atoms with Crippen molar-refractivity contribution in [2.24, 2.45) is 0 Å². The molecule has 0 spiro atoms. The second kappa shape index (κ2) is 10.4. The predicted octanol–water partition coefficient (Wildman–Crippen LogP) is 3.70. The van der Waals surface area contributed by atoms with E-state index in [1.165, 1.54) is 11.8 Å². The lowest BCUT2D eigenvalue weighted by Crippen LogP contribution is -2.19. The van der Waals surface area contributed by atoms with Gasteiger partial charge in [-0.15, -0.1) is 5.10 Å². The molecule has 0 aliphatic rings. The lowest BCUT2D eigenvalue weighted by atomic mass is 10.1. The Morgan fingerprint density at radius 3 is 2.31 bits per heavy atom. The summed E-state index contributed by atoms with van der Waals surface area (Å²) in [7, 11) is 0. The third-order valence-corrected chi connectivity index (χ3v) is 5.44. The Kier molecular flexibility index (Phi) is 6.88. The Morgan fingerprint density at radius 1 is 0.844 bits per heavy atom. The Balaban J connectivity index is 1.37. The highest BCUT2D eigenvalue weighted by Gasteiger charge is 2.15. The van der Waals surface area contributed by atoms with Crippen LogP contribution >= 0.6 is 11.8 Å². The van der Waals surface area contributed by atoms with E-state index < -0.39 is 0 Å². The number of amides is 2. The SMILES string of the molecule is O=C(CSc1nnnn1Cc1ccccc1)Nc1ccccc1C(=O)Nc1ccccc1. The Labute approximate surface area is 189 Å². The molecule has 9 heteroatoms. The summed E-state index contributed by atoms with van der Waals surface area (Å²) in [6.07, 6.45) is 0. The lowest BCUT2D eigenvalue weighted by Gasteiger charge is -2.11. The summed E-state index contributed by atoms with van der Waals surface area (Å²) in [4.78, 5) is 25.3. The van der Waals surface area contributed by atoms with Crippen molar-refractivity contribution >= 4 is 35.0 Å². The zero-order valence-electron chi connectivity index (χ0n) is 17.0. The van der Waals surface area contributed by atoms with E-state index in [4.69, 9.17) is 0 Å². The normalized spacial score (nSPS) is 10.5. The van der Waals surface area contributed by atoms with Gasteiger partial charge in [-0.05, 0) is 40.3 Å². The standard InChI is InChI=1S/C23H20N6O2S/c30-21(16-32-23-26-27-28-29(23)15-17-9-3-1-4-10-17)25-20-14-8-7-13-19(20)22(31)24-18-11-5-2-6-12-18/h1-14H,15-16H2,(H,24,31)(H,25,30). The molecular formula is C23H20N6O2S. The van der Waals surface area contributed by atoms with Crippen molar-refractivity contribution in [1.29, 1.82) is 0 Å². The van der Waals surface area contributed by atoms with Gasteiger partial charge in [-0.25, -0.2) is 4.68 Å². The average molecular weight is 445 g/mol. The molecule has 3 aromatic carbocycles. The average Bonchev–Trinajstić information content (AvgIpc) is 3.26. The zero-order valence-corrected chi connectivity index (χ0v) is 17.8. The van der Waals surface area contributed by atoms with Crippen molar-refractivity contribution in [1.82, 2.24) is 20.2 Å². The summed E-state index contributed by atoms with van der Waals surface area (Å²) in [5.74, 6) is -0.458. The summed E-state index contributed by atoms with van der Waals surface area (Å²) in [5.41, 5.74) is 2.56. The van der Waals surface area contributed by atoms with Gasteiger partial charge in [-0.3, -0.25) is 9.59 Å². The number of nitrogens with one attached hydrogen (secondary N) is 2. The van der Waals surface area contributed by atoms with Crippen LogP contribution in [0.4, 0.5) is 11.4 Å². The van der Waals surface area contributed by atoms with Crippen molar-refractivity contribution < 1.29 is 9.59 Å². The molecule has 4 rings (SSSR count). The molecule has 0 unspecified atom stereocenters. The fourth-order valence-corrected chi connectivity index (χ4v) is 3.66. The van der Waals surface area contributed by atoms with Gasteiger partial charge in [-0.2, -0.15) is 0 Å². The second-order valence-electron chi connectivity index (χ2n) is 6.81. The van der Waals surface area contributed by atoms with E-state index in [0.29, 0.717) is 28.6 Å². The minimum Gasteiger partial charge on any atom is -0.325 e. The molecule has 8 nitrogen and oxygen atoms in total. The first-order valence-corrected chi connectivity index (χ1v) is 10.9. The van der Waals surface area contributed by atoms with Gasteiger partial charge in [0.1, 0.15) is 0 Å². The number of aromatic nitrogens is 4. The van der Waals surface area contributed by atoms with E-state index in [1.54, 1.807) is 41.1 Å². The van der Waals surface area contributed by atoms with Gasteiger partial charge in [0.25, 0.3) is 5.91 Å². The molecule has 32 heavy (non-hydrogen) atoms. The molecule has 0 fully saturated rings. The van der Waals surface area contributed by atoms with Crippen molar-refractivity contribution in [3.8, 4) is 0 Å². The Hall–Kier alpha value is -3.98. The Morgan fingerprint density at radius 2 is 1.53 bits per heavy atom. The van der Waals surface area contributed by atoms with Gasteiger partial charge in [0, 0.05) is 5.69 Å². The smallest absolute Gasteiger partial charge is 0.257 e. The van der Waals surface area contributed by atoms with Crippen LogP contribution in [0, 0.1) is 0 Å². The van der Waals surface area contributed by atoms with Gasteiger partial charge >= 0.3 is 0 Å². The number of tetrazole rings is 1. The molecule has 4 aromatic rings. The monoisotopic (exact) mass is 444 g/mol. The van der Waals surface area contributed by atoms with Gasteiger partial charge in [0.2, 0.25) is 11.1 Å². The van der Waals surface area contributed by atoms with Crippen LogP contribution in [-0.2, 0) is 11.3 Å². The third kappa shape index (κ3) is 5.58. The van der Waals surface area contributed by atoms with Gasteiger partial charge in [0.05, 0.1) is 23.5 Å². The van der Waals surface area contributed by atoms with Crippen LogP contribution in [0.3, 0.4) is 0 Å². The minimum atomic E-state index is -0.299. The molecule has 0 atom stereocenters. The van der Waals surface area contributed by atoms with Gasteiger partial charge < -0.3 is 10.6 Å². The number of rotatable bonds is 8. The maximum absolute atomic E-state index is 12.7. The highest BCUT2D eigenvalue weighted by atomic mass is 32.2. The van der Waals surface area contributed by atoms with Crippen LogP contribution in [0.2, 0.25) is 0 Å². The van der Waals surface area contributed by atoms with Crippen molar-refractivity contribution in [2.45, 2.75) is 11.7 Å². The number of anilines is 2. The number of carbonyl (C=O) groups excluding carboxylic acids is 2. The number of nitrogens with zero attached hydrogens (tertiary/aromatic N) is 4. The van der Waals surface area contributed by atoms with E-state index in [1.807, 2.05) is 48.5 Å². The predicted molar refractivity (Wildman–Crippen MR) is 124 cm³/mol. The Bertz CT molecular complexity index is 1200. The molecular weight excluding hydrogens is 424 g/mol. The van der Waals surface area contributed by atoms with Crippen LogP contribution in [0.1, 0.15) is 15.9 Å². The zero-order chi connectivity index (χ0) is 22.2. The molecule has 0 aliphatic heterocycles. The summed E-state index contributed by atoms with van der Waals surface area (Å²) >= 11 is 1.23. The van der Waals surface area contributed by atoms with Crippen molar-refractivity contribution in [2.75, 3.05) is 16.4 Å². The van der Waals surface area contributed by atoms with Crippen LogP contribution in [0.25, 0.3) is 0 Å². The highest BCUT2D eigenvalue weighted by molar-refractivity contribution is 7.99. The molecule has 0 bridgehead atoms. The maximum Gasteiger partial charge on any atom is 0.257 e. The number of carbonyl (C=O) groups is 2. The molecule has 2 N–H and O–H groups in total. The number of thioether (sulfide) groups is 1. The molecule has 0 saturated carbocycles. The molecule has 1 aromatic heterocycles. The summed E-state index contributed by atoms with van der Waals surface area (Å²) in [5, 5.41) is 17.9. The first kappa shape index (κ1) is 21.3. The summed E-state index contributed by atoms with van der Waals surface area (Å²) < 4.78 is 1.65. The molecule has 1 heterocycles. The number of hydrogen-bond donors (Lipinski definition) is 2. The lowest BCUT2D eigenvalue weighted by molar-refractivity contribution is -0.113. The number of hydrogen-bond acceptors (Lipinski definition) is 6. The maximum atomic E-state index is 12.7. The van der Waals surface area contributed by atoms with E-state index in [0.717, 1.165) is 5.56 Å². The van der Waals surface area contributed by atoms with Crippen molar-refractivity contribution in [3.05, 3.63) is 96.1 Å². The summed E-state index contributed by atoms with van der Waals surface area (Å²) in [6, 6.07) is 25.9. The number of benzene rings is 3. The van der Waals surface area contributed by atoms with Gasteiger partial charge in [0.15, 0.2) is 0 Å². The van der Waals surface area contributed by atoms with E-state index in [-0.39, 0.29) is 17.6 Å². The first-order chi connectivity index (χ1) is 15.7. The fraction of sp³-hybridized carbons (Fsp3) is 0.0870. The first-order valence-electron chi connectivity index (χ1n) is 9.87.